The zero-order valence-electron chi connectivity index (χ0n) is 13.0. The largest absolute Gasteiger partial charge is 0.336 e. The first kappa shape index (κ1) is 16.5. The number of hydrogen-bond acceptors (Lipinski definition) is 2. The fourth-order valence-corrected chi connectivity index (χ4v) is 2.80. The van der Waals surface area contributed by atoms with Gasteiger partial charge in [-0.2, -0.15) is 0 Å². The Balaban J connectivity index is 2.19. The summed E-state index contributed by atoms with van der Waals surface area (Å²) in [5, 5.41) is 0.345. The molecule has 1 aromatic heterocycles. The first-order chi connectivity index (χ1) is 10.7. The van der Waals surface area contributed by atoms with Crippen LogP contribution in [0, 0.1) is 0 Å². The van der Waals surface area contributed by atoms with Crippen LogP contribution < -0.4 is 0 Å². The van der Waals surface area contributed by atoms with Crippen molar-refractivity contribution in [1.29, 1.82) is 0 Å². The maximum absolute atomic E-state index is 12.8. The number of rotatable bonds is 6. The number of benzene rings is 1. The summed E-state index contributed by atoms with van der Waals surface area (Å²) in [5.74, 6) is 0.00887. The van der Waals surface area contributed by atoms with Gasteiger partial charge in [0.2, 0.25) is 0 Å². The summed E-state index contributed by atoms with van der Waals surface area (Å²) in [7, 11) is 0. The molecule has 0 N–H and O–H groups in total. The number of nitrogens with zero attached hydrogens (tertiary/aromatic N) is 2. The summed E-state index contributed by atoms with van der Waals surface area (Å²) in [6, 6.07) is 13.8. The third-order valence-corrected chi connectivity index (χ3v) is 4.01. The highest BCUT2D eigenvalue weighted by Gasteiger charge is 2.22. The van der Waals surface area contributed by atoms with E-state index in [2.05, 4.69) is 24.0 Å². The quantitative estimate of drug-likeness (QED) is 0.748. The van der Waals surface area contributed by atoms with Gasteiger partial charge >= 0.3 is 0 Å². The van der Waals surface area contributed by atoms with Gasteiger partial charge in [0.05, 0.1) is 0 Å². The molecule has 1 heterocycles. The standard InChI is InChI=1S/C18H21ClN2O/c1-3-16(12-14-8-6-5-7-9-14)21(4-2)18(22)15-10-11-20-17(19)13-15/h5-11,13,16H,3-4,12H2,1-2H3/t16-/m1/s1. The van der Waals surface area contributed by atoms with Crippen LogP contribution in [0.2, 0.25) is 5.15 Å². The Morgan fingerprint density at radius 1 is 1.23 bits per heavy atom. The lowest BCUT2D eigenvalue weighted by Crippen LogP contribution is -2.41. The van der Waals surface area contributed by atoms with Crippen LogP contribution in [0.5, 0.6) is 0 Å². The molecule has 3 nitrogen and oxygen atoms in total. The molecular formula is C18H21ClN2O. The Hall–Kier alpha value is -1.87. The van der Waals surface area contributed by atoms with Crippen molar-refractivity contribution in [2.24, 2.45) is 0 Å². The summed E-state index contributed by atoms with van der Waals surface area (Å²) in [4.78, 5) is 18.6. The number of pyridine rings is 1. The number of aromatic nitrogens is 1. The molecule has 0 fully saturated rings. The minimum Gasteiger partial charge on any atom is -0.336 e. The van der Waals surface area contributed by atoms with Gasteiger partial charge in [-0.1, -0.05) is 48.9 Å². The molecule has 2 rings (SSSR count). The molecule has 0 radical (unpaired) electrons. The maximum atomic E-state index is 12.8. The van der Waals surface area contributed by atoms with Crippen LogP contribution in [0.15, 0.2) is 48.7 Å². The van der Waals surface area contributed by atoms with E-state index in [1.165, 1.54) is 5.56 Å². The Labute approximate surface area is 136 Å². The zero-order chi connectivity index (χ0) is 15.9. The Kier molecular flexibility index (Phi) is 5.96. The van der Waals surface area contributed by atoms with E-state index in [1.807, 2.05) is 30.0 Å². The summed E-state index contributed by atoms with van der Waals surface area (Å²) in [6.07, 6.45) is 3.34. The van der Waals surface area contributed by atoms with Gasteiger partial charge in [0.15, 0.2) is 0 Å². The molecule has 116 valence electrons. The van der Waals surface area contributed by atoms with E-state index in [9.17, 15) is 4.79 Å². The summed E-state index contributed by atoms with van der Waals surface area (Å²) in [6.45, 7) is 4.79. The minimum absolute atomic E-state index is 0.00887. The van der Waals surface area contributed by atoms with Crippen molar-refractivity contribution in [1.82, 2.24) is 9.88 Å². The number of likely N-dealkylation sites (N-methyl/N-ethyl adjacent to an activating group) is 1. The molecule has 22 heavy (non-hydrogen) atoms. The fourth-order valence-electron chi connectivity index (χ4n) is 2.63. The van der Waals surface area contributed by atoms with Crippen LogP contribution in [0.1, 0.15) is 36.2 Å². The highest BCUT2D eigenvalue weighted by atomic mass is 35.5. The third kappa shape index (κ3) is 4.08. The van der Waals surface area contributed by atoms with Crippen molar-refractivity contribution in [3.05, 3.63) is 64.9 Å². The summed E-state index contributed by atoms with van der Waals surface area (Å²) >= 11 is 5.90. The lowest BCUT2D eigenvalue weighted by molar-refractivity contribution is 0.0684. The number of carbonyl (C=O) groups is 1. The number of hydrogen-bond donors (Lipinski definition) is 0. The van der Waals surface area contributed by atoms with Gasteiger partial charge in [-0.15, -0.1) is 0 Å². The van der Waals surface area contributed by atoms with Gasteiger partial charge < -0.3 is 4.90 Å². The normalized spacial score (nSPS) is 12.0. The summed E-state index contributed by atoms with van der Waals surface area (Å²) in [5.41, 5.74) is 1.83. The van der Waals surface area contributed by atoms with E-state index in [-0.39, 0.29) is 11.9 Å². The first-order valence-corrected chi connectivity index (χ1v) is 8.00. The Bertz CT molecular complexity index is 615. The van der Waals surface area contributed by atoms with Crippen LogP contribution in [0.25, 0.3) is 0 Å². The molecule has 0 aliphatic carbocycles. The van der Waals surface area contributed by atoms with E-state index in [4.69, 9.17) is 11.6 Å². The monoisotopic (exact) mass is 316 g/mol. The molecule has 4 heteroatoms. The minimum atomic E-state index is 0.00887. The molecule has 2 aromatic rings. The second-order valence-corrected chi connectivity index (χ2v) is 5.60. The van der Waals surface area contributed by atoms with E-state index in [0.717, 1.165) is 12.8 Å². The molecule has 0 saturated carbocycles. The van der Waals surface area contributed by atoms with Crippen molar-refractivity contribution < 1.29 is 4.79 Å². The topological polar surface area (TPSA) is 33.2 Å². The van der Waals surface area contributed by atoms with Crippen LogP contribution >= 0.6 is 11.6 Å². The molecule has 0 aliphatic heterocycles. The molecule has 0 bridgehead atoms. The number of amides is 1. The number of halogens is 1. The van der Waals surface area contributed by atoms with Crippen molar-refractivity contribution in [2.45, 2.75) is 32.7 Å². The molecule has 1 amide bonds. The van der Waals surface area contributed by atoms with Gasteiger partial charge in [-0.25, -0.2) is 4.98 Å². The van der Waals surface area contributed by atoms with Crippen molar-refractivity contribution in [2.75, 3.05) is 6.54 Å². The lowest BCUT2D eigenvalue weighted by Gasteiger charge is -2.30. The van der Waals surface area contributed by atoms with Crippen LogP contribution in [-0.4, -0.2) is 28.4 Å². The molecular weight excluding hydrogens is 296 g/mol. The first-order valence-electron chi connectivity index (χ1n) is 7.62. The molecule has 0 unspecified atom stereocenters. The average molecular weight is 317 g/mol. The van der Waals surface area contributed by atoms with Crippen LogP contribution in [-0.2, 0) is 6.42 Å². The van der Waals surface area contributed by atoms with Crippen LogP contribution in [0.4, 0.5) is 0 Å². The van der Waals surface area contributed by atoms with E-state index >= 15 is 0 Å². The zero-order valence-corrected chi connectivity index (χ0v) is 13.8. The lowest BCUT2D eigenvalue weighted by atomic mass is 10.0. The van der Waals surface area contributed by atoms with Crippen molar-refractivity contribution in [3.63, 3.8) is 0 Å². The average Bonchev–Trinajstić information content (AvgIpc) is 2.55. The van der Waals surface area contributed by atoms with E-state index in [1.54, 1.807) is 18.3 Å². The van der Waals surface area contributed by atoms with E-state index < -0.39 is 0 Å². The van der Waals surface area contributed by atoms with Crippen molar-refractivity contribution in [3.8, 4) is 0 Å². The molecule has 1 aromatic carbocycles. The molecule has 0 saturated heterocycles. The van der Waals surface area contributed by atoms with Gasteiger partial charge in [-0.05, 0) is 37.5 Å². The predicted molar refractivity (Wildman–Crippen MR) is 90.2 cm³/mol. The fraction of sp³-hybridized carbons (Fsp3) is 0.333. The third-order valence-electron chi connectivity index (χ3n) is 3.80. The SMILES string of the molecule is CC[C@H](Cc1ccccc1)N(CC)C(=O)c1ccnc(Cl)c1. The Morgan fingerprint density at radius 2 is 1.95 bits per heavy atom. The van der Waals surface area contributed by atoms with Crippen LogP contribution in [0.3, 0.4) is 0 Å². The molecule has 0 spiro atoms. The van der Waals surface area contributed by atoms with Gasteiger partial charge in [0.1, 0.15) is 5.15 Å². The molecule has 0 aliphatic rings. The second kappa shape index (κ2) is 7.95. The smallest absolute Gasteiger partial charge is 0.254 e. The maximum Gasteiger partial charge on any atom is 0.254 e. The molecule has 1 atom stereocenters. The van der Waals surface area contributed by atoms with Gasteiger partial charge in [-0.3, -0.25) is 4.79 Å². The number of carbonyl (C=O) groups excluding carboxylic acids is 1. The summed E-state index contributed by atoms with van der Waals surface area (Å²) < 4.78 is 0. The highest BCUT2D eigenvalue weighted by molar-refractivity contribution is 6.29. The van der Waals surface area contributed by atoms with Crippen molar-refractivity contribution >= 4 is 17.5 Å². The van der Waals surface area contributed by atoms with Gasteiger partial charge in [0.25, 0.3) is 5.91 Å². The second-order valence-electron chi connectivity index (χ2n) is 5.21. The highest BCUT2D eigenvalue weighted by Crippen LogP contribution is 2.17. The predicted octanol–water partition coefficient (Wildman–Crippen LogP) is 4.22. The Morgan fingerprint density at radius 3 is 2.55 bits per heavy atom. The van der Waals surface area contributed by atoms with E-state index in [0.29, 0.717) is 17.3 Å². The van der Waals surface area contributed by atoms with Gasteiger partial charge in [0, 0.05) is 24.3 Å².